The Hall–Kier alpha value is -2.49. The molecule has 0 saturated heterocycles. The highest BCUT2D eigenvalue weighted by Gasteiger charge is 2.16. The molecule has 108 valence electrons. The van der Waals surface area contributed by atoms with Crippen molar-refractivity contribution in [3.05, 3.63) is 45.0 Å². The molecule has 0 amide bonds. The van der Waals surface area contributed by atoms with Crippen LogP contribution in [0.25, 0.3) is 5.82 Å². The highest BCUT2D eigenvalue weighted by molar-refractivity contribution is 9.10. The molecule has 0 aromatic carbocycles. The van der Waals surface area contributed by atoms with Gasteiger partial charge < -0.3 is 4.74 Å². The van der Waals surface area contributed by atoms with Gasteiger partial charge in [0, 0.05) is 35.5 Å². The summed E-state index contributed by atoms with van der Waals surface area (Å²) < 4.78 is 15.7. The Labute approximate surface area is 128 Å². The summed E-state index contributed by atoms with van der Waals surface area (Å²) in [5, 5.41) is 12.1. The van der Waals surface area contributed by atoms with E-state index in [-0.39, 0.29) is 6.61 Å². The molecule has 0 fully saturated rings. The molecule has 21 heavy (non-hydrogen) atoms. The average molecular weight is 354 g/mol. The molecule has 1 N–H and O–H groups in total. The van der Waals surface area contributed by atoms with Gasteiger partial charge in [0.25, 0.3) is 0 Å². The number of hydrogen-bond acceptors (Lipinski definition) is 6. The quantitative estimate of drug-likeness (QED) is 0.729. The summed E-state index contributed by atoms with van der Waals surface area (Å²) in [6.45, 7) is 0.101. The van der Waals surface area contributed by atoms with Crippen LogP contribution in [0.1, 0.15) is 5.56 Å². The molecule has 0 spiro atoms. The number of nitrogens with zero attached hydrogens (tertiary/aromatic N) is 6. The van der Waals surface area contributed by atoms with Gasteiger partial charge in [0.1, 0.15) is 6.61 Å². The van der Waals surface area contributed by atoms with E-state index < -0.39 is 5.69 Å². The van der Waals surface area contributed by atoms with E-state index in [9.17, 15) is 4.79 Å². The molecule has 10 heteroatoms. The molecule has 3 aromatic rings. The van der Waals surface area contributed by atoms with Crippen LogP contribution < -0.4 is 10.4 Å². The van der Waals surface area contributed by atoms with E-state index in [1.54, 1.807) is 18.3 Å². The van der Waals surface area contributed by atoms with E-state index in [1.165, 1.54) is 13.2 Å². The zero-order chi connectivity index (χ0) is 15.7. The van der Waals surface area contributed by atoms with E-state index in [2.05, 4.69) is 36.4 Å². The molecular formula is C11H10BrN7O2. The second-order valence-corrected chi connectivity index (χ2v) is 4.90. The lowest BCUT2D eigenvalue weighted by Crippen LogP contribution is -2.24. The molecule has 0 radical (unpaired) electrons. The smallest absolute Gasteiger partial charge is 0.369 e. The van der Waals surface area contributed by atoms with Crippen molar-refractivity contribution < 1.29 is 6.15 Å². The second-order valence-electron chi connectivity index (χ2n) is 4.05. The SMILES string of the molecule is [3H]n1ccc(OCc2c(Br)ccnc2-n2nnn(C)c2=O)n1. The molecule has 3 heterocycles. The molecule has 0 unspecified atom stereocenters. The van der Waals surface area contributed by atoms with E-state index in [0.29, 0.717) is 21.7 Å². The maximum atomic E-state index is 12.0. The van der Waals surface area contributed by atoms with Crippen LogP contribution in [0, 0.1) is 0 Å². The third-order valence-corrected chi connectivity index (χ3v) is 3.45. The van der Waals surface area contributed by atoms with Crippen molar-refractivity contribution in [2.45, 2.75) is 6.61 Å². The fourth-order valence-electron chi connectivity index (χ4n) is 1.66. The standard InChI is InChI=1S/C11H10BrN7O2/c1-18-11(20)19(17-16-18)10-7(8(12)2-4-13-10)6-21-9-3-5-14-15-9/h2-5H,6H2,1H3,(H,14,15)/i/hT. The Morgan fingerprint density at radius 3 is 3.00 bits per heavy atom. The normalized spacial score (nSPS) is 11.4. The third kappa shape index (κ3) is 2.57. The van der Waals surface area contributed by atoms with E-state index in [1.807, 2.05) is 0 Å². The Morgan fingerprint density at radius 2 is 2.33 bits per heavy atom. The van der Waals surface area contributed by atoms with E-state index >= 15 is 0 Å². The van der Waals surface area contributed by atoms with Gasteiger partial charge >= 0.3 is 5.69 Å². The summed E-state index contributed by atoms with van der Waals surface area (Å²) >= 11 is 3.40. The summed E-state index contributed by atoms with van der Waals surface area (Å²) in [4.78, 5) is 16.2. The Balaban J connectivity index is 1.96. The average Bonchev–Trinajstić information content (AvgIpc) is 3.05. The maximum absolute atomic E-state index is 12.0. The van der Waals surface area contributed by atoms with E-state index in [0.717, 1.165) is 14.5 Å². The molecule has 0 aliphatic rings. The Kier molecular flexibility index (Phi) is 3.20. The lowest BCUT2D eigenvalue weighted by molar-refractivity contribution is 0.291. The number of ether oxygens (including phenoxy) is 1. The molecule has 9 nitrogen and oxygen atoms in total. The summed E-state index contributed by atoms with van der Waals surface area (Å²) in [5.41, 5.74) is 0.201. The summed E-state index contributed by atoms with van der Waals surface area (Å²) in [6.07, 6.45) is 2.99. The predicted octanol–water partition coefficient (Wildman–Crippen LogP) is 0.426. The van der Waals surface area contributed by atoms with Crippen LogP contribution in [-0.4, -0.2) is 35.0 Å². The predicted molar refractivity (Wildman–Crippen MR) is 75.0 cm³/mol. The van der Waals surface area contributed by atoms with Crippen LogP contribution in [0.15, 0.2) is 33.8 Å². The molecule has 0 saturated carbocycles. The molecular weight excluding hydrogens is 342 g/mol. The maximum Gasteiger partial charge on any atom is 0.369 e. The van der Waals surface area contributed by atoms with Gasteiger partial charge in [-0.3, -0.25) is 5.09 Å². The minimum atomic E-state index is -0.415. The van der Waals surface area contributed by atoms with Gasteiger partial charge in [-0.05, 0) is 16.5 Å². The van der Waals surface area contributed by atoms with Gasteiger partial charge in [-0.1, -0.05) is 15.9 Å². The number of rotatable bonds is 4. The lowest BCUT2D eigenvalue weighted by Gasteiger charge is -2.09. The minimum Gasteiger partial charge on any atom is -0.472 e. The molecule has 3 rings (SSSR count). The first-order chi connectivity index (χ1) is 10.6. The van der Waals surface area contributed by atoms with Crippen molar-refractivity contribution in [1.82, 2.24) is 35.0 Å². The van der Waals surface area contributed by atoms with Crippen molar-refractivity contribution in [3.63, 3.8) is 0 Å². The van der Waals surface area contributed by atoms with Gasteiger partial charge in [0.15, 0.2) is 7.23 Å². The Morgan fingerprint density at radius 1 is 1.48 bits per heavy atom. The lowest BCUT2D eigenvalue weighted by atomic mass is 10.2. The number of aromatic amines is 1. The fraction of sp³-hybridized carbons (Fsp3) is 0.182. The van der Waals surface area contributed by atoms with Crippen LogP contribution >= 0.6 is 15.9 Å². The minimum absolute atomic E-state index is 0.101. The number of aromatic nitrogens is 7. The van der Waals surface area contributed by atoms with Crippen molar-refractivity contribution >= 4 is 15.9 Å². The number of tetrazole rings is 1. The van der Waals surface area contributed by atoms with Crippen LogP contribution in [0.4, 0.5) is 0 Å². The van der Waals surface area contributed by atoms with Crippen LogP contribution in [0.3, 0.4) is 0 Å². The van der Waals surface area contributed by atoms with E-state index in [4.69, 9.17) is 6.15 Å². The zero-order valence-electron chi connectivity index (χ0n) is 11.8. The molecule has 3 aromatic heterocycles. The highest BCUT2D eigenvalue weighted by atomic mass is 79.9. The summed E-state index contributed by atoms with van der Waals surface area (Å²) in [5.74, 6) is 0.612. The zero-order valence-corrected chi connectivity index (χ0v) is 12.4. The molecule has 0 atom stereocenters. The number of H-pyrrole nitrogens is 1. The molecule has 0 bridgehead atoms. The van der Waals surface area contributed by atoms with Crippen molar-refractivity contribution in [1.29, 1.82) is 0 Å². The first-order valence-electron chi connectivity index (χ1n) is 6.31. The van der Waals surface area contributed by atoms with Gasteiger partial charge in [-0.2, -0.15) is 4.68 Å². The second kappa shape index (κ2) is 5.48. The first kappa shape index (κ1) is 12.3. The van der Waals surface area contributed by atoms with Crippen molar-refractivity contribution in [2.75, 3.05) is 0 Å². The number of aryl methyl sites for hydroxylation is 1. The number of nitrogens with one attached hydrogen (secondary N) is 1. The number of hydrogen-bond donors (Lipinski definition) is 1. The summed E-state index contributed by atoms with van der Waals surface area (Å²) in [6, 6.07) is 3.29. The highest BCUT2D eigenvalue weighted by Crippen LogP contribution is 2.22. The van der Waals surface area contributed by atoms with Crippen LogP contribution in [0.2, 0.25) is 1.41 Å². The summed E-state index contributed by atoms with van der Waals surface area (Å²) in [7, 11) is 1.50. The third-order valence-electron chi connectivity index (χ3n) is 2.70. The first-order valence-corrected chi connectivity index (χ1v) is 6.66. The van der Waals surface area contributed by atoms with Gasteiger partial charge in [-0.25, -0.2) is 9.78 Å². The monoisotopic (exact) mass is 353 g/mol. The van der Waals surface area contributed by atoms with Crippen LogP contribution in [0.5, 0.6) is 5.88 Å². The topological polar surface area (TPSA) is 104 Å². The van der Waals surface area contributed by atoms with Crippen molar-refractivity contribution in [2.24, 2.45) is 7.05 Å². The molecule has 0 aliphatic heterocycles. The molecule has 0 aliphatic carbocycles. The van der Waals surface area contributed by atoms with Gasteiger partial charge in [0.05, 0.1) is 0 Å². The Bertz CT molecular complexity index is 871. The number of halogens is 1. The number of pyridine rings is 1. The fourth-order valence-corrected chi connectivity index (χ4v) is 2.07. The van der Waals surface area contributed by atoms with Crippen molar-refractivity contribution in [3.8, 4) is 11.7 Å². The van der Waals surface area contributed by atoms with Gasteiger partial charge in [0.2, 0.25) is 5.88 Å². The largest absolute Gasteiger partial charge is 0.472 e. The van der Waals surface area contributed by atoms with Gasteiger partial charge in [-0.15, -0.1) is 9.78 Å². The van der Waals surface area contributed by atoms with Crippen LogP contribution in [-0.2, 0) is 13.7 Å².